The van der Waals surface area contributed by atoms with Crippen LogP contribution < -0.4 is 0 Å². The Balaban J connectivity index is 1.83. The van der Waals surface area contributed by atoms with Gasteiger partial charge in [-0.1, -0.05) is 32.5 Å². The maximum atomic E-state index is 12.2. The van der Waals surface area contributed by atoms with Gasteiger partial charge in [0.1, 0.15) is 5.82 Å². The van der Waals surface area contributed by atoms with E-state index in [2.05, 4.69) is 15.2 Å². The molecule has 0 bridgehead atoms. The monoisotopic (exact) mass is 361 g/mol. The largest absolute Gasteiger partial charge is 0.339 e. The minimum atomic E-state index is -3.18. The molecule has 0 saturated carbocycles. The molecule has 1 aliphatic rings. The summed E-state index contributed by atoms with van der Waals surface area (Å²) in [5.41, 5.74) is -0.113. The Morgan fingerprint density at radius 3 is 2.35 bits per heavy atom. The molecular formula is C13H23N5O3S2. The molecular weight excluding hydrogens is 338 g/mol. The van der Waals surface area contributed by atoms with Gasteiger partial charge in [-0.2, -0.15) is 4.31 Å². The molecule has 2 rings (SSSR count). The number of rotatable bonds is 4. The fourth-order valence-corrected chi connectivity index (χ4v) is 3.66. The van der Waals surface area contributed by atoms with Crippen LogP contribution in [0.1, 0.15) is 26.6 Å². The average Bonchev–Trinajstić information content (AvgIpc) is 2.93. The number of aromatic amines is 1. The molecule has 130 valence electrons. The zero-order valence-electron chi connectivity index (χ0n) is 13.9. The van der Waals surface area contributed by atoms with E-state index in [1.54, 1.807) is 4.90 Å². The van der Waals surface area contributed by atoms with Crippen molar-refractivity contribution in [2.75, 3.05) is 38.2 Å². The van der Waals surface area contributed by atoms with Crippen molar-refractivity contribution < 1.29 is 13.2 Å². The highest BCUT2D eigenvalue weighted by Gasteiger charge is 2.26. The fourth-order valence-electron chi connectivity index (χ4n) is 2.13. The lowest BCUT2D eigenvalue weighted by Crippen LogP contribution is -2.50. The number of carbonyl (C=O) groups is 1. The van der Waals surface area contributed by atoms with Crippen LogP contribution in [0.4, 0.5) is 0 Å². The van der Waals surface area contributed by atoms with Crippen molar-refractivity contribution >= 4 is 27.7 Å². The van der Waals surface area contributed by atoms with Crippen LogP contribution >= 0.6 is 11.8 Å². The number of H-pyrrole nitrogens is 1. The molecule has 0 aromatic carbocycles. The van der Waals surface area contributed by atoms with Crippen LogP contribution in [0.3, 0.4) is 0 Å². The SMILES string of the molecule is CC(C)(C)c1nc(SCC(=O)N2CCN(S(C)(=O)=O)CC2)n[nH]1. The normalized spacial score (nSPS) is 17.5. The molecule has 1 aromatic rings. The van der Waals surface area contributed by atoms with E-state index in [0.717, 1.165) is 5.82 Å². The third-order valence-corrected chi connectivity index (χ3v) is 5.70. The molecule has 1 amide bonds. The quantitative estimate of drug-likeness (QED) is 0.774. The predicted molar refractivity (Wildman–Crippen MR) is 88.8 cm³/mol. The zero-order valence-corrected chi connectivity index (χ0v) is 15.5. The lowest BCUT2D eigenvalue weighted by Gasteiger charge is -2.33. The van der Waals surface area contributed by atoms with Crippen molar-refractivity contribution in [1.29, 1.82) is 0 Å². The van der Waals surface area contributed by atoms with Gasteiger partial charge in [0.15, 0.2) is 0 Å². The van der Waals surface area contributed by atoms with E-state index >= 15 is 0 Å². The Morgan fingerprint density at radius 2 is 1.87 bits per heavy atom. The molecule has 23 heavy (non-hydrogen) atoms. The lowest BCUT2D eigenvalue weighted by molar-refractivity contribution is -0.129. The van der Waals surface area contributed by atoms with Crippen LogP contribution in [0.15, 0.2) is 5.16 Å². The summed E-state index contributed by atoms with van der Waals surface area (Å²) in [6.07, 6.45) is 1.19. The minimum Gasteiger partial charge on any atom is -0.339 e. The summed E-state index contributed by atoms with van der Waals surface area (Å²) in [5.74, 6) is 1.01. The summed E-state index contributed by atoms with van der Waals surface area (Å²) < 4.78 is 24.3. The first-order valence-electron chi connectivity index (χ1n) is 7.36. The number of aromatic nitrogens is 3. The summed E-state index contributed by atoms with van der Waals surface area (Å²) in [7, 11) is -3.18. The summed E-state index contributed by atoms with van der Waals surface area (Å²) in [4.78, 5) is 18.3. The number of thioether (sulfide) groups is 1. The van der Waals surface area contributed by atoms with E-state index in [4.69, 9.17) is 0 Å². The predicted octanol–water partition coefficient (Wildman–Crippen LogP) is 0.298. The van der Waals surface area contributed by atoms with Crippen LogP contribution in [0, 0.1) is 0 Å². The van der Waals surface area contributed by atoms with Gasteiger partial charge in [-0.3, -0.25) is 9.89 Å². The molecule has 10 heteroatoms. The number of hydrogen-bond donors (Lipinski definition) is 1. The van der Waals surface area contributed by atoms with Gasteiger partial charge < -0.3 is 4.90 Å². The van der Waals surface area contributed by atoms with Crippen molar-refractivity contribution in [3.63, 3.8) is 0 Å². The highest BCUT2D eigenvalue weighted by atomic mass is 32.2. The van der Waals surface area contributed by atoms with Gasteiger partial charge in [0, 0.05) is 31.6 Å². The highest BCUT2D eigenvalue weighted by molar-refractivity contribution is 7.99. The standard InChI is InChI=1S/C13H23N5O3S2/c1-13(2,3)11-14-12(16-15-11)22-9-10(19)17-5-7-18(8-6-17)23(4,20)21/h5-9H2,1-4H3,(H,14,15,16). The Labute approximate surface area is 141 Å². The third kappa shape index (κ3) is 4.92. The van der Waals surface area contributed by atoms with Crippen LogP contribution in [0.25, 0.3) is 0 Å². The first-order chi connectivity index (χ1) is 10.6. The second-order valence-electron chi connectivity index (χ2n) is 6.55. The second-order valence-corrected chi connectivity index (χ2v) is 9.47. The molecule has 1 aromatic heterocycles. The van der Waals surface area contributed by atoms with E-state index in [1.807, 2.05) is 20.8 Å². The first-order valence-corrected chi connectivity index (χ1v) is 10.2. The van der Waals surface area contributed by atoms with Gasteiger partial charge in [0.25, 0.3) is 0 Å². The summed E-state index contributed by atoms with van der Waals surface area (Å²) in [6, 6.07) is 0. The molecule has 0 spiro atoms. The molecule has 8 nitrogen and oxygen atoms in total. The van der Waals surface area contributed by atoms with E-state index in [9.17, 15) is 13.2 Å². The van der Waals surface area contributed by atoms with E-state index in [1.165, 1.54) is 22.3 Å². The number of carbonyl (C=O) groups excluding carboxylic acids is 1. The number of sulfonamides is 1. The van der Waals surface area contributed by atoms with E-state index in [0.29, 0.717) is 31.3 Å². The second kappa shape index (κ2) is 6.78. The Kier molecular flexibility index (Phi) is 5.37. The smallest absolute Gasteiger partial charge is 0.233 e. The Morgan fingerprint density at radius 1 is 1.26 bits per heavy atom. The Hall–Kier alpha value is -1.13. The molecule has 0 radical (unpaired) electrons. The molecule has 2 heterocycles. The van der Waals surface area contributed by atoms with Crippen LogP contribution in [0.2, 0.25) is 0 Å². The van der Waals surface area contributed by atoms with E-state index < -0.39 is 10.0 Å². The number of nitrogens with one attached hydrogen (secondary N) is 1. The molecule has 0 unspecified atom stereocenters. The molecule has 1 N–H and O–H groups in total. The van der Waals surface area contributed by atoms with Crippen LogP contribution in [-0.4, -0.2) is 76.9 Å². The summed E-state index contributed by atoms with van der Waals surface area (Å²) >= 11 is 1.29. The van der Waals surface area contributed by atoms with Crippen molar-refractivity contribution in [3.05, 3.63) is 5.82 Å². The first kappa shape index (κ1) is 18.2. The van der Waals surface area contributed by atoms with Crippen LogP contribution in [-0.2, 0) is 20.2 Å². The van der Waals surface area contributed by atoms with Gasteiger partial charge in [-0.25, -0.2) is 13.4 Å². The highest BCUT2D eigenvalue weighted by Crippen LogP contribution is 2.21. The Bertz CT molecular complexity index is 657. The number of amides is 1. The number of piperazine rings is 1. The average molecular weight is 361 g/mol. The van der Waals surface area contributed by atoms with Crippen LogP contribution in [0.5, 0.6) is 0 Å². The molecule has 1 aliphatic heterocycles. The minimum absolute atomic E-state index is 0.0229. The molecule has 0 atom stereocenters. The van der Waals surface area contributed by atoms with Crippen molar-refractivity contribution in [1.82, 2.24) is 24.4 Å². The van der Waals surface area contributed by atoms with Gasteiger partial charge in [-0.15, -0.1) is 5.10 Å². The summed E-state index contributed by atoms with van der Waals surface area (Å²) in [6.45, 7) is 7.66. The number of nitrogens with zero attached hydrogens (tertiary/aromatic N) is 4. The topological polar surface area (TPSA) is 99.3 Å². The van der Waals surface area contributed by atoms with Crippen molar-refractivity contribution in [2.45, 2.75) is 31.3 Å². The third-order valence-electron chi connectivity index (χ3n) is 3.56. The summed E-state index contributed by atoms with van der Waals surface area (Å²) in [5, 5.41) is 7.56. The molecule has 0 aliphatic carbocycles. The van der Waals surface area contributed by atoms with Crippen molar-refractivity contribution in [2.24, 2.45) is 0 Å². The molecule has 1 saturated heterocycles. The maximum Gasteiger partial charge on any atom is 0.233 e. The zero-order chi connectivity index (χ0) is 17.3. The molecule has 1 fully saturated rings. The van der Waals surface area contributed by atoms with Gasteiger partial charge in [0.05, 0.1) is 12.0 Å². The maximum absolute atomic E-state index is 12.2. The number of hydrogen-bond acceptors (Lipinski definition) is 6. The van der Waals surface area contributed by atoms with Crippen molar-refractivity contribution in [3.8, 4) is 0 Å². The fraction of sp³-hybridized carbons (Fsp3) is 0.769. The van der Waals surface area contributed by atoms with E-state index in [-0.39, 0.29) is 17.1 Å². The van der Waals surface area contributed by atoms with Gasteiger partial charge >= 0.3 is 0 Å². The lowest BCUT2D eigenvalue weighted by atomic mass is 9.96. The van der Waals surface area contributed by atoms with Gasteiger partial charge in [0.2, 0.25) is 21.1 Å². The van der Waals surface area contributed by atoms with Gasteiger partial charge in [-0.05, 0) is 0 Å².